The molecule has 0 saturated carbocycles. The molecule has 0 amide bonds. The Morgan fingerprint density at radius 3 is 1.97 bits per heavy atom. The lowest BCUT2D eigenvalue weighted by atomic mass is 9.97. The Kier molecular flexibility index (Phi) is 6.59. The summed E-state index contributed by atoms with van der Waals surface area (Å²) in [5.74, 6) is 0.763. The smallest absolute Gasteiger partial charge is 0.147 e. The van der Waals surface area contributed by atoms with Gasteiger partial charge in [0.1, 0.15) is 11.9 Å². The molecule has 1 fully saturated rings. The van der Waals surface area contributed by atoms with Crippen LogP contribution in [0.1, 0.15) is 11.1 Å². The molecule has 5 rings (SSSR count). The summed E-state index contributed by atoms with van der Waals surface area (Å²) in [4.78, 5) is 9.71. The van der Waals surface area contributed by atoms with E-state index >= 15 is 0 Å². The summed E-state index contributed by atoms with van der Waals surface area (Å²) >= 11 is 0. The number of allylic oxidation sites excluding steroid dienone is 1. The van der Waals surface area contributed by atoms with Gasteiger partial charge in [0.25, 0.3) is 0 Å². The normalized spacial score (nSPS) is 13.3. The number of aromatic nitrogens is 1. The van der Waals surface area contributed by atoms with Gasteiger partial charge >= 0.3 is 0 Å². The lowest BCUT2D eigenvalue weighted by Crippen LogP contribution is -2.46. The van der Waals surface area contributed by atoms with Gasteiger partial charge in [-0.05, 0) is 17.2 Å². The predicted octanol–water partition coefficient (Wildman–Crippen LogP) is 6.17. The molecule has 0 atom stereocenters. The Morgan fingerprint density at radius 2 is 1.37 bits per heavy atom. The van der Waals surface area contributed by atoms with Crippen molar-refractivity contribution in [3.05, 3.63) is 120 Å². The highest BCUT2D eigenvalue weighted by atomic mass is 15.3. The quantitative estimate of drug-likeness (QED) is 0.348. The number of anilines is 1. The maximum absolute atomic E-state index is 10.0. The molecule has 0 bridgehead atoms. The van der Waals surface area contributed by atoms with Crippen LogP contribution in [0.3, 0.4) is 0 Å². The first-order valence-corrected chi connectivity index (χ1v) is 12.0. The number of piperazine rings is 1. The highest BCUT2D eigenvalue weighted by molar-refractivity contribution is 5.84. The van der Waals surface area contributed by atoms with Gasteiger partial charge in [-0.3, -0.25) is 0 Å². The summed E-state index contributed by atoms with van der Waals surface area (Å²) in [6, 6.07) is 35.3. The summed E-state index contributed by atoms with van der Waals surface area (Å²) in [5, 5.41) is 10.0. The standard InChI is InChI=1S/C31H28N4/c1-24(21-25-11-5-2-6-12-25)34-17-19-35(20-18-34)31-28(23-32)22-29(26-13-7-3-8-14-26)30(33-31)27-15-9-4-10-16-27/h2-16,22H,1,17-21H2. The van der Waals surface area contributed by atoms with Crippen molar-refractivity contribution in [2.45, 2.75) is 6.42 Å². The summed E-state index contributed by atoms with van der Waals surface area (Å²) < 4.78 is 0. The van der Waals surface area contributed by atoms with Crippen LogP contribution in [-0.4, -0.2) is 36.1 Å². The van der Waals surface area contributed by atoms with E-state index in [1.165, 1.54) is 5.56 Å². The van der Waals surface area contributed by atoms with E-state index in [-0.39, 0.29) is 0 Å². The third kappa shape index (κ3) is 4.95. The molecule has 0 radical (unpaired) electrons. The number of nitrogens with zero attached hydrogens (tertiary/aromatic N) is 4. The Morgan fingerprint density at radius 1 is 0.800 bits per heavy atom. The maximum atomic E-state index is 10.0. The Hall–Kier alpha value is -4.36. The van der Waals surface area contributed by atoms with Crippen molar-refractivity contribution in [2.75, 3.05) is 31.1 Å². The van der Waals surface area contributed by atoms with Crippen molar-refractivity contribution < 1.29 is 0 Å². The largest absolute Gasteiger partial charge is 0.371 e. The topological polar surface area (TPSA) is 43.2 Å². The number of hydrogen-bond acceptors (Lipinski definition) is 4. The third-order valence-electron chi connectivity index (χ3n) is 6.53. The minimum absolute atomic E-state index is 0.611. The number of nitriles is 1. The van der Waals surface area contributed by atoms with Crippen LogP contribution in [0.25, 0.3) is 22.4 Å². The van der Waals surface area contributed by atoms with Crippen LogP contribution >= 0.6 is 0 Å². The molecule has 4 aromatic rings. The van der Waals surface area contributed by atoms with Gasteiger partial charge in [-0.1, -0.05) is 97.6 Å². The zero-order chi connectivity index (χ0) is 24.0. The van der Waals surface area contributed by atoms with E-state index in [0.29, 0.717) is 5.56 Å². The Labute approximate surface area is 207 Å². The summed E-state index contributed by atoms with van der Waals surface area (Å²) in [6.07, 6.45) is 0.854. The van der Waals surface area contributed by atoms with Crippen molar-refractivity contribution >= 4 is 5.82 Å². The van der Waals surface area contributed by atoms with Gasteiger partial charge < -0.3 is 9.80 Å². The summed E-state index contributed by atoms with van der Waals surface area (Å²) in [5.41, 5.74) is 7.01. The van der Waals surface area contributed by atoms with E-state index in [1.807, 2.05) is 48.5 Å². The maximum Gasteiger partial charge on any atom is 0.147 e. The fraction of sp³-hybridized carbons (Fsp3) is 0.161. The van der Waals surface area contributed by atoms with E-state index in [4.69, 9.17) is 4.98 Å². The van der Waals surface area contributed by atoms with Gasteiger partial charge in [0.15, 0.2) is 0 Å². The second kappa shape index (κ2) is 10.3. The highest BCUT2D eigenvalue weighted by Crippen LogP contribution is 2.35. The first kappa shape index (κ1) is 22.4. The highest BCUT2D eigenvalue weighted by Gasteiger charge is 2.23. The molecule has 1 aromatic heterocycles. The van der Waals surface area contributed by atoms with E-state index in [1.54, 1.807) is 0 Å². The number of pyridine rings is 1. The molecule has 4 nitrogen and oxygen atoms in total. The average molecular weight is 457 g/mol. The molecule has 172 valence electrons. The molecular weight excluding hydrogens is 428 g/mol. The van der Waals surface area contributed by atoms with E-state index < -0.39 is 0 Å². The molecule has 2 heterocycles. The van der Waals surface area contributed by atoms with Crippen LogP contribution in [0, 0.1) is 11.3 Å². The molecule has 35 heavy (non-hydrogen) atoms. The van der Waals surface area contributed by atoms with Gasteiger partial charge in [-0.15, -0.1) is 0 Å². The van der Waals surface area contributed by atoms with E-state index in [9.17, 15) is 5.26 Å². The number of rotatable bonds is 6. The van der Waals surface area contributed by atoms with E-state index in [0.717, 1.165) is 66.5 Å². The molecule has 4 heteroatoms. The zero-order valence-electron chi connectivity index (χ0n) is 19.8. The Balaban J connectivity index is 1.42. The van der Waals surface area contributed by atoms with Crippen molar-refractivity contribution in [3.63, 3.8) is 0 Å². The average Bonchev–Trinajstić information content (AvgIpc) is 2.94. The fourth-order valence-corrected chi connectivity index (χ4v) is 4.66. The van der Waals surface area contributed by atoms with Gasteiger partial charge in [0.05, 0.1) is 11.3 Å². The lowest BCUT2D eigenvalue weighted by Gasteiger charge is -2.38. The van der Waals surface area contributed by atoms with Crippen LogP contribution < -0.4 is 4.90 Å². The van der Waals surface area contributed by atoms with Crippen molar-refractivity contribution in [1.82, 2.24) is 9.88 Å². The van der Waals surface area contributed by atoms with Gasteiger partial charge in [-0.2, -0.15) is 5.26 Å². The molecule has 0 spiro atoms. The lowest BCUT2D eigenvalue weighted by molar-refractivity contribution is 0.316. The second-order valence-corrected chi connectivity index (χ2v) is 8.80. The van der Waals surface area contributed by atoms with Gasteiger partial charge in [-0.25, -0.2) is 4.98 Å². The number of hydrogen-bond donors (Lipinski definition) is 0. The summed E-state index contributed by atoms with van der Waals surface area (Å²) in [7, 11) is 0. The zero-order valence-corrected chi connectivity index (χ0v) is 19.8. The molecule has 0 aliphatic carbocycles. The molecule has 0 N–H and O–H groups in total. The molecule has 1 aliphatic heterocycles. The first-order chi connectivity index (χ1) is 17.2. The minimum atomic E-state index is 0.611. The van der Waals surface area contributed by atoms with Crippen LogP contribution in [0.15, 0.2) is 109 Å². The van der Waals surface area contributed by atoms with Crippen molar-refractivity contribution in [3.8, 4) is 28.5 Å². The predicted molar refractivity (Wildman–Crippen MR) is 143 cm³/mol. The van der Waals surface area contributed by atoms with Gasteiger partial charge in [0.2, 0.25) is 0 Å². The van der Waals surface area contributed by atoms with Crippen LogP contribution in [0.4, 0.5) is 5.82 Å². The van der Waals surface area contributed by atoms with E-state index in [2.05, 4.69) is 71.0 Å². The molecule has 1 saturated heterocycles. The van der Waals surface area contributed by atoms with Gasteiger partial charge in [0, 0.05) is 49.4 Å². The minimum Gasteiger partial charge on any atom is -0.371 e. The molecule has 0 unspecified atom stereocenters. The third-order valence-corrected chi connectivity index (χ3v) is 6.53. The monoisotopic (exact) mass is 456 g/mol. The molecular formula is C31H28N4. The van der Waals surface area contributed by atoms with Crippen LogP contribution in [0.2, 0.25) is 0 Å². The Bertz CT molecular complexity index is 1330. The second-order valence-electron chi connectivity index (χ2n) is 8.80. The van der Waals surface area contributed by atoms with Crippen molar-refractivity contribution in [2.24, 2.45) is 0 Å². The molecule has 1 aliphatic rings. The van der Waals surface area contributed by atoms with Crippen LogP contribution in [0.5, 0.6) is 0 Å². The summed E-state index contributed by atoms with van der Waals surface area (Å²) in [6.45, 7) is 7.66. The van der Waals surface area contributed by atoms with Crippen LogP contribution in [-0.2, 0) is 6.42 Å². The first-order valence-electron chi connectivity index (χ1n) is 12.0. The fourth-order valence-electron chi connectivity index (χ4n) is 4.66. The number of benzene rings is 3. The molecule has 3 aromatic carbocycles. The van der Waals surface area contributed by atoms with Crippen molar-refractivity contribution in [1.29, 1.82) is 5.26 Å². The SMILES string of the molecule is C=C(Cc1ccccc1)N1CCN(c2nc(-c3ccccc3)c(-c3ccccc3)cc2C#N)CC1.